The van der Waals surface area contributed by atoms with Gasteiger partial charge in [-0.25, -0.2) is 4.98 Å². The van der Waals surface area contributed by atoms with E-state index in [0.29, 0.717) is 6.54 Å². The minimum Gasteiger partial charge on any atom is -0.497 e. The molecule has 0 radical (unpaired) electrons. The summed E-state index contributed by atoms with van der Waals surface area (Å²) in [5, 5.41) is 2.13. The summed E-state index contributed by atoms with van der Waals surface area (Å²) in [5.41, 5.74) is 10.3. The molecule has 0 aliphatic heterocycles. The Labute approximate surface area is 121 Å². The number of methoxy groups -OCH3 is 1. The Kier molecular flexibility index (Phi) is 3.46. The van der Waals surface area contributed by atoms with Gasteiger partial charge in [0.05, 0.1) is 18.5 Å². The standard InChI is InChI=1S/C15H17N3OS/c1-10-9-20-15-17-14(13(7-8-16)18(10)15)11-3-5-12(19-2)6-4-11/h3-6,9H,7-8,16H2,1-2H3. The van der Waals surface area contributed by atoms with Crippen LogP contribution in [0.15, 0.2) is 29.6 Å². The van der Waals surface area contributed by atoms with Crippen molar-refractivity contribution in [1.29, 1.82) is 0 Å². The summed E-state index contributed by atoms with van der Waals surface area (Å²) in [6.45, 7) is 2.72. The smallest absolute Gasteiger partial charge is 0.194 e. The SMILES string of the molecule is COc1ccc(-c2nc3scc(C)n3c2CCN)cc1. The van der Waals surface area contributed by atoms with Gasteiger partial charge in [0.15, 0.2) is 4.96 Å². The highest BCUT2D eigenvalue weighted by Gasteiger charge is 2.16. The molecule has 0 atom stereocenters. The summed E-state index contributed by atoms with van der Waals surface area (Å²) in [7, 11) is 1.67. The second-order valence-corrected chi connectivity index (χ2v) is 5.51. The molecule has 2 heterocycles. The van der Waals surface area contributed by atoms with Gasteiger partial charge in [-0.1, -0.05) is 0 Å². The molecule has 0 amide bonds. The van der Waals surface area contributed by atoms with E-state index in [2.05, 4.69) is 16.7 Å². The van der Waals surface area contributed by atoms with Crippen LogP contribution in [0.25, 0.3) is 16.2 Å². The fraction of sp³-hybridized carbons (Fsp3) is 0.267. The number of thiazole rings is 1. The number of imidazole rings is 1. The Hall–Kier alpha value is -1.85. The first kappa shape index (κ1) is 13.1. The van der Waals surface area contributed by atoms with Crippen molar-refractivity contribution in [3.63, 3.8) is 0 Å². The lowest BCUT2D eigenvalue weighted by Gasteiger charge is -2.05. The van der Waals surface area contributed by atoms with Crippen molar-refractivity contribution in [1.82, 2.24) is 9.38 Å². The molecular weight excluding hydrogens is 270 g/mol. The van der Waals surface area contributed by atoms with Crippen molar-refractivity contribution in [3.8, 4) is 17.0 Å². The Morgan fingerprint density at radius 1 is 1.30 bits per heavy atom. The zero-order chi connectivity index (χ0) is 14.1. The van der Waals surface area contributed by atoms with Gasteiger partial charge in [-0.05, 0) is 37.7 Å². The third-order valence-electron chi connectivity index (χ3n) is 3.37. The van der Waals surface area contributed by atoms with Crippen LogP contribution in [0, 0.1) is 6.92 Å². The average molecular weight is 287 g/mol. The first-order valence-electron chi connectivity index (χ1n) is 6.54. The van der Waals surface area contributed by atoms with E-state index in [-0.39, 0.29) is 0 Å². The third kappa shape index (κ3) is 2.09. The summed E-state index contributed by atoms with van der Waals surface area (Å²) < 4.78 is 7.41. The summed E-state index contributed by atoms with van der Waals surface area (Å²) in [6.07, 6.45) is 0.820. The molecule has 104 valence electrons. The van der Waals surface area contributed by atoms with Gasteiger partial charge < -0.3 is 10.5 Å². The number of nitrogens with two attached hydrogens (primary N) is 1. The highest BCUT2D eigenvalue weighted by Crippen LogP contribution is 2.29. The number of hydrogen-bond donors (Lipinski definition) is 1. The van der Waals surface area contributed by atoms with Crippen LogP contribution >= 0.6 is 11.3 Å². The first-order valence-corrected chi connectivity index (χ1v) is 7.42. The molecule has 0 aliphatic rings. The number of fused-ring (bicyclic) bond motifs is 1. The zero-order valence-corrected chi connectivity index (χ0v) is 12.4. The molecule has 3 rings (SSSR count). The van der Waals surface area contributed by atoms with E-state index in [9.17, 15) is 0 Å². The maximum atomic E-state index is 5.76. The van der Waals surface area contributed by atoms with E-state index in [1.54, 1.807) is 18.4 Å². The van der Waals surface area contributed by atoms with Crippen molar-refractivity contribution < 1.29 is 4.74 Å². The first-order chi connectivity index (χ1) is 9.74. The number of ether oxygens (including phenoxy) is 1. The van der Waals surface area contributed by atoms with Gasteiger partial charge in [0.25, 0.3) is 0 Å². The molecule has 4 nitrogen and oxygen atoms in total. The molecule has 0 saturated heterocycles. The number of rotatable bonds is 4. The van der Waals surface area contributed by atoms with Gasteiger partial charge in [0.1, 0.15) is 5.75 Å². The van der Waals surface area contributed by atoms with Gasteiger partial charge >= 0.3 is 0 Å². The maximum Gasteiger partial charge on any atom is 0.194 e. The molecule has 0 aliphatic carbocycles. The minimum atomic E-state index is 0.617. The van der Waals surface area contributed by atoms with Crippen molar-refractivity contribution in [2.75, 3.05) is 13.7 Å². The van der Waals surface area contributed by atoms with Crippen molar-refractivity contribution in [3.05, 3.63) is 41.0 Å². The quantitative estimate of drug-likeness (QED) is 0.802. The molecule has 0 spiro atoms. The van der Waals surface area contributed by atoms with Gasteiger partial charge in [-0.3, -0.25) is 4.40 Å². The highest BCUT2D eigenvalue weighted by atomic mass is 32.1. The van der Waals surface area contributed by atoms with Crippen LogP contribution in [-0.4, -0.2) is 23.0 Å². The van der Waals surface area contributed by atoms with Gasteiger partial charge in [-0.15, -0.1) is 11.3 Å². The summed E-state index contributed by atoms with van der Waals surface area (Å²) >= 11 is 1.66. The molecule has 0 bridgehead atoms. The lowest BCUT2D eigenvalue weighted by molar-refractivity contribution is 0.415. The predicted octanol–water partition coefficient (Wildman–Crippen LogP) is 2.88. The molecule has 0 saturated carbocycles. The largest absolute Gasteiger partial charge is 0.497 e. The zero-order valence-electron chi connectivity index (χ0n) is 11.6. The van der Waals surface area contributed by atoms with E-state index in [4.69, 9.17) is 15.5 Å². The Morgan fingerprint density at radius 2 is 2.05 bits per heavy atom. The van der Waals surface area contributed by atoms with E-state index >= 15 is 0 Å². The topological polar surface area (TPSA) is 52.5 Å². The Bertz CT molecular complexity index is 727. The third-order valence-corrected chi connectivity index (χ3v) is 4.32. The summed E-state index contributed by atoms with van der Waals surface area (Å²) in [6, 6.07) is 8.00. The minimum absolute atomic E-state index is 0.617. The average Bonchev–Trinajstić information content (AvgIpc) is 3.01. The number of aryl methyl sites for hydroxylation is 1. The van der Waals surface area contributed by atoms with Crippen LogP contribution in [0.5, 0.6) is 5.75 Å². The van der Waals surface area contributed by atoms with Crippen molar-refractivity contribution >= 4 is 16.3 Å². The van der Waals surface area contributed by atoms with Crippen LogP contribution in [0.1, 0.15) is 11.4 Å². The highest BCUT2D eigenvalue weighted by molar-refractivity contribution is 7.15. The predicted molar refractivity (Wildman–Crippen MR) is 82.6 cm³/mol. The Morgan fingerprint density at radius 3 is 2.70 bits per heavy atom. The number of aromatic nitrogens is 2. The van der Waals surface area contributed by atoms with Crippen LogP contribution < -0.4 is 10.5 Å². The molecule has 3 aromatic rings. The molecular formula is C15H17N3OS. The van der Waals surface area contributed by atoms with E-state index < -0.39 is 0 Å². The summed E-state index contributed by atoms with van der Waals surface area (Å²) in [4.78, 5) is 5.79. The number of hydrogen-bond acceptors (Lipinski definition) is 4. The number of benzene rings is 1. The fourth-order valence-electron chi connectivity index (χ4n) is 2.41. The van der Waals surface area contributed by atoms with E-state index in [0.717, 1.165) is 28.4 Å². The molecule has 0 fully saturated rings. The van der Waals surface area contributed by atoms with Gasteiger partial charge in [0.2, 0.25) is 0 Å². The van der Waals surface area contributed by atoms with Crippen LogP contribution in [0.2, 0.25) is 0 Å². The van der Waals surface area contributed by atoms with Crippen LogP contribution in [-0.2, 0) is 6.42 Å². The number of nitrogens with zero attached hydrogens (tertiary/aromatic N) is 2. The second-order valence-electron chi connectivity index (χ2n) is 4.67. The van der Waals surface area contributed by atoms with Crippen molar-refractivity contribution in [2.45, 2.75) is 13.3 Å². The molecule has 0 unspecified atom stereocenters. The fourth-order valence-corrected chi connectivity index (χ4v) is 3.30. The lowest BCUT2D eigenvalue weighted by Crippen LogP contribution is -2.06. The van der Waals surface area contributed by atoms with Crippen molar-refractivity contribution in [2.24, 2.45) is 5.73 Å². The van der Waals surface area contributed by atoms with Crippen LogP contribution in [0.3, 0.4) is 0 Å². The van der Waals surface area contributed by atoms with E-state index in [1.807, 2.05) is 24.3 Å². The Balaban J connectivity index is 2.15. The normalized spacial score (nSPS) is 11.2. The second kappa shape index (κ2) is 5.26. The molecule has 2 N–H and O–H groups in total. The van der Waals surface area contributed by atoms with E-state index in [1.165, 1.54) is 11.4 Å². The van der Waals surface area contributed by atoms with Gasteiger partial charge in [0, 0.05) is 23.1 Å². The molecule has 2 aromatic heterocycles. The maximum absolute atomic E-state index is 5.76. The van der Waals surface area contributed by atoms with Gasteiger partial charge in [-0.2, -0.15) is 0 Å². The lowest BCUT2D eigenvalue weighted by atomic mass is 10.1. The molecule has 1 aromatic carbocycles. The monoisotopic (exact) mass is 287 g/mol. The summed E-state index contributed by atoms with van der Waals surface area (Å²) in [5.74, 6) is 0.853. The van der Waals surface area contributed by atoms with Crippen LogP contribution in [0.4, 0.5) is 0 Å². The molecule has 20 heavy (non-hydrogen) atoms. The molecule has 5 heteroatoms.